The Bertz CT molecular complexity index is 524. The standard InChI is InChI=1S/C15H20N2O3/c1-3-16(4-2)14(18)10-17-8-7-11-5-6-12(15(19)20)9-13(11)17/h5-6,9H,3-4,7-8,10H2,1-2H3,(H,19,20). The van der Waals surface area contributed by atoms with Crippen molar-refractivity contribution >= 4 is 17.6 Å². The molecule has 1 aromatic carbocycles. The lowest BCUT2D eigenvalue weighted by molar-refractivity contribution is -0.129. The number of hydrogen-bond donors (Lipinski definition) is 1. The van der Waals surface area contributed by atoms with Crippen molar-refractivity contribution in [3.63, 3.8) is 0 Å². The largest absolute Gasteiger partial charge is 0.478 e. The lowest BCUT2D eigenvalue weighted by atomic mass is 10.1. The SMILES string of the molecule is CCN(CC)C(=O)CN1CCc2ccc(C(=O)O)cc21. The highest BCUT2D eigenvalue weighted by Crippen LogP contribution is 2.29. The second-order valence-electron chi connectivity index (χ2n) is 4.89. The van der Waals surface area contributed by atoms with Gasteiger partial charge in [-0.05, 0) is 38.0 Å². The van der Waals surface area contributed by atoms with Gasteiger partial charge >= 0.3 is 5.97 Å². The minimum atomic E-state index is -0.935. The number of fused-ring (bicyclic) bond motifs is 1. The summed E-state index contributed by atoms with van der Waals surface area (Å²) in [5, 5.41) is 9.05. The summed E-state index contributed by atoms with van der Waals surface area (Å²) in [4.78, 5) is 27.0. The molecule has 1 aliphatic heterocycles. The third-order valence-electron chi connectivity index (χ3n) is 3.77. The number of carboxylic acids is 1. The van der Waals surface area contributed by atoms with Crippen LogP contribution in [0.1, 0.15) is 29.8 Å². The lowest BCUT2D eigenvalue weighted by Gasteiger charge is -2.24. The number of rotatable bonds is 5. The van der Waals surface area contributed by atoms with E-state index in [2.05, 4.69) is 0 Å². The Morgan fingerprint density at radius 1 is 1.30 bits per heavy atom. The molecule has 1 aliphatic rings. The number of benzene rings is 1. The van der Waals surface area contributed by atoms with Gasteiger partial charge in [0.1, 0.15) is 0 Å². The second-order valence-corrected chi connectivity index (χ2v) is 4.89. The van der Waals surface area contributed by atoms with E-state index >= 15 is 0 Å². The molecule has 108 valence electrons. The predicted molar refractivity (Wildman–Crippen MR) is 77.2 cm³/mol. The quantitative estimate of drug-likeness (QED) is 0.887. The summed E-state index contributed by atoms with van der Waals surface area (Å²) in [6, 6.07) is 5.14. The number of carbonyl (C=O) groups excluding carboxylic acids is 1. The molecule has 20 heavy (non-hydrogen) atoms. The molecule has 1 aromatic rings. The highest BCUT2D eigenvalue weighted by Gasteiger charge is 2.23. The first-order valence-corrected chi connectivity index (χ1v) is 6.95. The highest BCUT2D eigenvalue weighted by molar-refractivity contribution is 5.90. The lowest BCUT2D eigenvalue weighted by Crippen LogP contribution is -2.39. The number of hydrogen-bond acceptors (Lipinski definition) is 3. The molecule has 1 N–H and O–H groups in total. The van der Waals surface area contributed by atoms with E-state index in [9.17, 15) is 9.59 Å². The zero-order valence-electron chi connectivity index (χ0n) is 11.9. The average molecular weight is 276 g/mol. The fourth-order valence-corrected chi connectivity index (χ4v) is 2.58. The van der Waals surface area contributed by atoms with Crippen LogP contribution in [0.25, 0.3) is 0 Å². The van der Waals surface area contributed by atoms with Gasteiger partial charge in [-0.1, -0.05) is 6.07 Å². The molecular weight excluding hydrogens is 256 g/mol. The van der Waals surface area contributed by atoms with Crippen LogP contribution in [0.2, 0.25) is 0 Å². The number of likely N-dealkylation sites (N-methyl/N-ethyl adjacent to an activating group) is 1. The van der Waals surface area contributed by atoms with E-state index in [0.717, 1.165) is 24.2 Å². The summed E-state index contributed by atoms with van der Waals surface area (Å²) >= 11 is 0. The number of aromatic carboxylic acids is 1. The minimum Gasteiger partial charge on any atom is -0.478 e. The van der Waals surface area contributed by atoms with Crippen LogP contribution in [-0.4, -0.2) is 48.1 Å². The normalized spacial score (nSPS) is 13.2. The molecule has 0 saturated heterocycles. The summed E-state index contributed by atoms with van der Waals surface area (Å²) in [6.07, 6.45) is 0.862. The van der Waals surface area contributed by atoms with Crippen molar-refractivity contribution in [2.45, 2.75) is 20.3 Å². The van der Waals surface area contributed by atoms with Crippen molar-refractivity contribution in [3.05, 3.63) is 29.3 Å². The maximum absolute atomic E-state index is 12.2. The van der Waals surface area contributed by atoms with Crippen molar-refractivity contribution in [1.82, 2.24) is 4.90 Å². The summed E-state index contributed by atoms with van der Waals surface area (Å²) in [7, 11) is 0. The molecule has 5 heteroatoms. The first-order valence-electron chi connectivity index (χ1n) is 6.95. The Morgan fingerprint density at radius 2 is 2.00 bits per heavy atom. The van der Waals surface area contributed by atoms with Gasteiger partial charge in [-0.25, -0.2) is 4.79 Å². The molecule has 0 bridgehead atoms. The van der Waals surface area contributed by atoms with Crippen LogP contribution < -0.4 is 4.90 Å². The van der Waals surface area contributed by atoms with Gasteiger partial charge in [0.25, 0.3) is 0 Å². The van der Waals surface area contributed by atoms with Gasteiger partial charge in [-0.2, -0.15) is 0 Å². The van der Waals surface area contributed by atoms with Crippen molar-refractivity contribution in [2.24, 2.45) is 0 Å². The Balaban J connectivity index is 2.16. The maximum atomic E-state index is 12.2. The summed E-state index contributed by atoms with van der Waals surface area (Å²) in [5.41, 5.74) is 2.26. The van der Waals surface area contributed by atoms with Gasteiger partial charge in [-0.15, -0.1) is 0 Å². The molecule has 0 atom stereocenters. The smallest absolute Gasteiger partial charge is 0.335 e. The molecule has 0 aliphatic carbocycles. The first-order chi connectivity index (χ1) is 9.56. The van der Waals surface area contributed by atoms with Crippen LogP contribution >= 0.6 is 0 Å². The van der Waals surface area contributed by atoms with E-state index in [1.165, 1.54) is 0 Å². The van der Waals surface area contributed by atoms with Crippen molar-refractivity contribution in [2.75, 3.05) is 31.1 Å². The van der Waals surface area contributed by atoms with E-state index in [0.29, 0.717) is 19.6 Å². The predicted octanol–water partition coefficient (Wildman–Crippen LogP) is 1.62. The number of amides is 1. The topological polar surface area (TPSA) is 60.9 Å². The van der Waals surface area contributed by atoms with Crippen LogP contribution in [-0.2, 0) is 11.2 Å². The van der Waals surface area contributed by atoms with Gasteiger partial charge in [0, 0.05) is 25.3 Å². The zero-order chi connectivity index (χ0) is 14.7. The van der Waals surface area contributed by atoms with Crippen LogP contribution in [0.3, 0.4) is 0 Å². The van der Waals surface area contributed by atoms with Gasteiger partial charge in [-0.3, -0.25) is 4.79 Å². The van der Waals surface area contributed by atoms with Gasteiger partial charge in [0.05, 0.1) is 12.1 Å². The van der Waals surface area contributed by atoms with Gasteiger partial charge in [0.15, 0.2) is 0 Å². The molecule has 0 saturated carbocycles. The average Bonchev–Trinajstić information content (AvgIpc) is 2.82. The molecule has 0 fully saturated rings. The zero-order valence-corrected chi connectivity index (χ0v) is 11.9. The summed E-state index contributed by atoms with van der Waals surface area (Å²) in [5.74, 6) is -0.849. The molecule has 2 rings (SSSR count). The van der Waals surface area contributed by atoms with Crippen LogP contribution in [0.15, 0.2) is 18.2 Å². The van der Waals surface area contributed by atoms with Crippen LogP contribution in [0, 0.1) is 0 Å². The summed E-state index contributed by atoms with van der Waals surface area (Å²) < 4.78 is 0. The number of anilines is 1. The number of carbonyl (C=O) groups is 2. The number of carboxylic acid groups (broad SMARTS) is 1. The molecular formula is C15H20N2O3. The van der Waals surface area contributed by atoms with Crippen LogP contribution in [0.4, 0.5) is 5.69 Å². The Morgan fingerprint density at radius 3 is 2.60 bits per heavy atom. The maximum Gasteiger partial charge on any atom is 0.335 e. The Kier molecular flexibility index (Phi) is 4.27. The highest BCUT2D eigenvalue weighted by atomic mass is 16.4. The molecule has 0 unspecified atom stereocenters. The van der Waals surface area contributed by atoms with E-state index < -0.39 is 5.97 Å². The van der Waals surface area contributed by atoms with Crippen molar-refractivity contribution in [3.8, 4) is 0 Å². The van der Waals surface area contributed by atoms with E-state index in [1.807, 2.05) is 24.8 Å². The Hall–Kier alpha value is -2.04. The fourth-order valence-electron chi connectivity index (χ4n) is 2.58. The second kappa shape index (κ2) is 5.94. The fraction of sp³-hybridized carbons (Fsp3) is 0.467. The van der Waals surface area contributed by atoms with E-state index in [-0.39, 0.29) is 11.5 Å². The van der Waals surface area contributed by atoms with Crippen molar-refractivity contribution in [1.29, 1.82) is 0 Å². The monoisotopic (exact) mass is 276 g/mol. The first kappa shape index (κ1) is 14.4. The van der Waals surface area contributed by atoms with E-state index in [1.54, 1.807) is 17.0 Å². The molecule has 1 heterocycles. The van der Waals surface area contributed by atoms with Crippen molar-refractivity contribution < 1.29 is 14.7 Å². The molecule has 5 nitrogen and oxygen atoms in total. The minimum absolute atomic E-state index is 0.0866. The molecule has 1 amide bonds. The Labute approximate surface area is 118 Å². The van der Waals surface area contributed by atoms with Crippen LogP contribution in [0.5, 0.6) is 0 Å². The number of nitrogens with zero attached hydrogens (tertiary/aromatic N) is 2. The molecule has 0 aromatic heterocycles. The van der Waals surface area contributed by atoms with E-state index in [4.69, 9.17) is 5.11 Å². The molecule has 0 spiro atoms. The van der Waals surface area contributed by atoms with Gasteiger partial charge in [0.2, 0.25) is 5.91 Å². The third kappa shape index (κ3) is 2.76. The van der Waals surface area contributed by atoms with Gasteiger partial charge < -0.3 is 14.9 Å². The molecule has 0 radical (unpaired) electrons. The third-order valence-corrected chi connectivity index (χ3v) is 3.77. The summed E-state index contributed by atoms with van der Waals surface area (Å²) in [6.45, 7) is 6.41.